The molecule has 0 aromatic heterocycles. The lowest BCUT2D eigenvalue weighted by molar-refractivity contribution is -0.160. The summed E-state index contributed by atoms with van der Waals surface area (Å²) in [6.07, 6.45) is 3.62. The Morgan fingerprint density at radius 3 is 2.18 bits per heavy atom. The molecule has 2 aromatic carbocycles. The summed E-state index contributed by atoms with van der Waals surface area (Å²) in [5.74, 6) is -8.08. The highest BCUT2D eigenvalue weighted by Gasteiger charge is 2.50. The Balaban J connectivity index is 1.68. The van der Waals surface area contributed by atoms with Gasteiger partial charge in [-0.1, -0.05) is 45.9 Å². The molecule has 60 heavy (non-hydrogen) atoms. The van der Waals surface area contributed by atoms with E-state index in [-0.39, 0.29) is 57.6 Å². The molecule has 2 aromatic rings. The largest absolute Gasteiger partial charge is 0.507 e. The molecule has 1 saturated heterocycles. The van der Waals surface area contributed by atoms with Gasteiger partial charge >= 0.3 is 11.8 Å². The van der Waals surface area contributed by atoms with E-state index in [1.165, 1.54) is 46.3 Å². The number of phenolic OH excluding ortho intramolecular Hbond substituents is 3. The van der Waals surface area contributed by atoms with Crippen LogP contribution in [0.4, 0.5) is 5.69 Å². The minimum Gasteiger partial charge on any atom is -0.507 e. The lowest BCUT2D eigenvalue weighted by Gasteiger charge is -2.38. The van der Waals surface area contributed by atoms with Gasteiger partial charge in [-0.25, -0.2) is 0 Å². The molecule has 9 atom stereocenters. The molecule has 6 rings (SSSR count). The van der Waals surface area contributed by atoms with Gasteiger partial charge in [-0.2, -0.15) is 0 Å². The minimum absolute atomic E-state index is 0.00374. The Labute approximate surface area is 350 Å². The number of anilines is 1. The first-order valence-corrected chi connectivity index (χ1v) is 20.4. The van der Waals surface area contributed by atoms with Crippen molar-refractivity contribution in [2.45, 2.75) is 92.1 Å². The molecule has 1 amide bonds. The normalized spacial score (nSPS) is 31.9. The Kier molecular flexibility index (Phi) is 14.6. The summed E-state index contributed by atoms with van der Waals surface area (Å²) >= 11 is 0. The van der Waals surface area contributed by atoms with E-state index in [1.54, 1.807) is 46.8 Å². The van der Waals surface area contributed by atoms with E-state index in [0.29, 0.717) is 32.7 Å². The van der Waals surface area contributed by atoms with Crippen LogP contribution in [0.2, 0.25) is 0 Å². The van der Waals surface area contributed by atoms with Crippen molar-refractivity contribution in [1.82, 2.24) is 9.80 Å². The Morgan fingerprint density at radius 2 is 1.57 bits per heavy atom. The highest BCUT2D eigenvalue weighted by Crippen LogP contribution is 2.55. The van der Waals surface area contributed by atoms with Gasteiger partial charge in [-0.05, 0) is 19.9 Å². The number of carbonyl (C=O) groups excluding carboxylic acids is 3. The second-order valence-electron chi connectivity index (χ2n) is 16.5. The number of aliphatic hydroxyl groups excluding tert-OH is 3. The van der Waals surface area contributed by atoms with Gasteiger partial charge in [0.05, 0.1) is 47.8 Å². The molecular formula is C44H61N3O13. The third-order valence-electron chi connectivity index (χ3n) is 12.4. The fourth-order valence-electron chi connectivity index (χ4n) is 8.48. The first kappa shape index (κ1) is 46.4. The molecule has 16 nitrogen and oxygen atoms in total. The highest BCUT2D eigenvalue weighted by molar-refractivity contribution is 6.22. The number of aliphatic hydroxyl groups is 3. The van der Waals surface area contributed by atoms with Crippen LogP contribution in [0, 0.1) is 30.6 Å². The van der Waals surface area contributed by atoms with E-state index in [0.717, 1.165) is 0 Å². The lowest BCUT2D eigenvalue weighted by atomic mass is 9.78. The number of fused-ring (bicyclic) bond motifs is 14. The maximum Gasteiger partial charge on any atom is 0.312 e. The lowest BCUT2D eigenvalue weighted by Crippen LogP contribution is -2.46. The van der Waals surface area contributed by atoms with E-state index in [9.17, 15) is 45.0 Å². The molecule has 0 radical (unpaired) electrons. The van der Waals surface area contributed by atoms with Crippen molar-refractivity contribution in [3.8, 4) is 23.0 Å². The summed E-state index contributed by atoms with van der Waals surface area (Å²) in [4.78, 5) is 44.7. The molecule has 4 heterocycles. The van der Waals surface area contributed by atoms with Crippen molar-refractivity contribution in [3.05, 3.63) is 52.8 Å². The van der Waals surface area contributed by atoms with Crippen molar-refractivity contribution < 1.29 is 64.0 Å². The molecule has 0 spiro atoms. The quantitative estimate of drug-likeness (QED) is 0.125. The van der Waals surface area contributed by atoms with Crippen LogP contribution in [0.1, 0.15) is 70.0 Å². The fraction of sp³-hybridized carbons (Fsp3) is 0.568. The molecule has 330 valence electrons. The predicted octanol–water partition coefficient (Wildman–Crippen LogP) is 3.86. The van der Waals surface area contributed by atoms with Crippen molar-refractivity contribution in [1.29, 1.82) is 0 Å². The zero-order valence-corrected chi connectivity index (χ0v) is 35.9. The number of ketones is 1. The van der Waals surface area contributed by atoms with Gasteiger partial charge in [0.2, 0.25) is 0 Å². The summed E-state index contributed by atoms with van der Waals surface area (Å²) in [6.45, 7) is 15.4. The number of allylic oxidation sites excluding steroid dienone is 2. The van der Waals surface area contributed by atoms with Crippen LogP contribution >= 0.6 is 0 Å². The van der Waals surface area contributed by atoms with Gasteiger partial charge in [0.1, 0.15) is 23.4 Å². The van der Waals surface area contributed by atoms with E-state index < -0.39 is 88.8 Å². The summed E-state index contributed by atoms with van der Waals surface area (Å²) < 4.78 is 23.7. The second kappa shape index (κ2) is 18.9. The number of ether oxygens (including phenoxy) is 4. The topological polar surface area (TPSA) is 228 Å². The van der Waals surface area contributed by atoms with E-state index in [2.05, 4.69) is 10.2 Å². The number of benzene rings is 2. The van der Waals surface area contributed by atoms with Crippen molar-refractivity contribution in [2.75, 3.05) is 51.8 Å². The minimum atomic E-state index is -2.03. The highest BCUT2D eigenvalue weighted by atomic mass is 16.7. The molecular weight excluding hydrogens is 778 g/mol. The maximum absolute atomic E-state index is 14.5. The number of esters is 1. The Hall–Kier alpha value is -4.71. The van der Waals surface area contributed by atoms with E-state index >= 15 is 0 Å². The number of aromatic hydroxyl groups is 3. The zero-order valence-electron chi connectivity index (χ0n) is 35.9. The number of nitrogens with zero attached hydrogens (tertiary/aromatic N) is 2. The number of β-amino-alcohol motifs (C(OH)–C–C–N with tert-alkyl or cyclic N) is 1. The van der Waals surface area contributed by atoms with Crippen LogP contribution in [0.25, 0.3) is 10.8 Å². The number of piperazine rings is 1. The average Bonchev–Trinajstić information content (AvgIpc) is 3.48. The predicted molar refractivity (Wildman–Crippen MR) is 223 cm³/mol. The third kappa shape index (κ3) is 9.14. The summed E-state index contributed by atoms with van der Waals surface area (Å²) in [5, 5.41) is 70.5. The number of Topliss-reactive ketones (excluding diaryl/α,β-unsaturated/α-hetero) is 1. The monoisotopic (exact) mass is 839 g/mol. The third-order valence-corrected chi connectivity index (χ3v) is 12.4. The standard InChI is InChI=1S/C44H61N3O13/c1-22-11-10-12-23(2)43(56)45-34-29(21-47-16-14-46(15-17-47)18-19-48)38(53)31-32(39(34)54)37(52)27(6)41-33(31)42(55)44(8,60-41)58-20-13-30(57-9)24(3)40(59-28(7)49)26(5)36(51)25(4)35(22)50/h10-13,20,22,24-26,30,35-36,40,48,50-54H,14-19,21H2,1-9H3,(H,45,56)/b11-10+,20-13+,23-12-/t22-,24+,25+,26+,30-,35-,36+,40+,44-/m0/s1. The van der Waals surface area contributed by atoms with Gasteiger partial charge in [0.25, 0.3) is 11.7 Å². The number of amides is 1. The molecule has 1 fully saturated rings. The maximum atomic E-state index is 14.5. The van der Waals surface area contributed by atoms with Crippen molar-refractivity contribution >= 4 is 34.1 Å². The summed E-state index contributed by atoms with van der Waals surface area (Å²) in [5.41, 5.74) is 0.0406. The number of hydrogen-bond donors (Lipinski definition) is 7. The smallest absolute Gasteiger partial charge is 0.312 e. The SMILES string of the molecule is CO[C@H]1/C=C/O[C@@]2(C)Oc3c(C)c(O)c4c(O)c(c(CN5CCN(CCO)CC5)c(O)c4c3C2=O)NC(=O)/C(C)=C\C=C\[C@H](C)[C@H](O)[C@@H](C)[C@@H](O)[C@@H](C)[C@H](OC(C)=O)[C@@H]1C. The number of hydrogen-bond acceptors (Lipinski definition) is 15. The van der Waals surface area contributed by atoms with Crippen molar-refractivity contribution in [2.24, 2.45) is 23.7 Å². The van der Waals surface area contributed by atoms with Gasteiger partial charge in [0.15, 0.2) is 5.75 Å². The van der Waals surface area contributed by atoms with Gasteiger partial charge in [-0.3, -0.25) is 24.2 Å². The van der Waals surface area contributed by atoms with Gasteiger partial charge in [-0.15, -0.1) is 0 Å². The zero-order chi connectivity index (χ0) is 44.4. The van der Waals surface area contributed by atoms with Gasteiger partial charge < -0.3 is 54.9 Å². The molecule has 5 bridgehead atoms. The molecule has 16 heteroatoms. The fourth-order valence-corrected chi connectivity index (χ4v) is 8.48. The van der Waals surface area contributed by atoms with E-state index in [4.69, 9.17) is 18.9 Å². The molecule has 4 aliphatic heterocycles. The molecule has 0 aliphatic carbocycles. The Bertz CT molecular complexity index is 2040. The van der Waals surface area contributed by atoms with Gasteiger partial charge in [0, 0.05) is 106 Å². The average molecular weight is 840 g/mol. The first-order chi connectivity index (χ1) is 28.3. The number of methoxy groups -OCH3 is 1. The molecule has 0 unspecified atom stereocenters. The van der Waals surface area contributed by atoms with Crippen LogP contribution in [0.3, 0.4) is 0 Å². The number of phenols is 3. The first-order valence-electron chi connectivity index (χ1n) is 20.4. The van der Waals surface area contributed by atoms with Crippen LogP contribution in [0.5, 0.6) is 23.0 Å². The van der Waals surface area contributed by atoms with Crippen LogP contribution in [-0.4, -0.2) is 135 Å². The van der Waals surface area contributed by atoms with Crippen LogP contribution in [-0.2, 0) is 30.3 Å². The van der Waals surface area contributed by atoms with Crippen LogP contribution < -0.4 is 10.1 Å². The summed E-state index contributed by atoms with van der Waals surface area (Å²) in [7, 11) is 1.44. The molecule has 4 aliphatic rings. The number of carbonyl (C=O) groups is 3. The van der Waals surface area contributed by atoms with E-state index in [1.807, 2.05) is 4.90 Å². The van der Waals surface area contributed by atoms with Crippen LogP contribution in [0.15, 0.2) is 36.1 Å². The second-order valence-corrected chi connectivity index (χ2v) is 16.5. The number of nitrogens with one attached hydrogen (secondary N) is 1. The molecule has 7 N–H and O–H groups in total. The number of rotatable bonds is 6. The Morgan fingerprint density at radius 1 is 0.917 bits per heavy atom. The van der Waals surface area contributed by atoms with Crippen molar-refractivity contribution in [3.63, 3.8) is 0 Å². The summed E-state index contributed by atoms with van der Waals surface area (Å²) in [6, 6.07) is 0. The molecule has 0 saturated carbocycles.